The van der Waals surface area contributed by atoms with Crippen LogP contribution in [0.5, 0.6) is 5.88 Å². The number of ether oxygens (including phenoxy) is 1. The van der Waals surface area contributed by atoms with Gasteiger partial charge < -0.3 is 15.0 Å². The minimum atomic E-state index is -4.15. The van der Waals surface area contributed by atoms with Gasteiger partial charge in [-0.3, -0.25) is 9.59 Å². The lowest BCUT2D eigenvalue weighted by Gasteiger charge is -2.43. The monoisotopic (exact) mass is 647 g/mol. The molecular weight excluding hydrogens is 602 g/mol. The van der Waals surface area contributed by atoms with Crippen LogP contribution >= 0.6 is 0 Å². The van der Waals surface area contributed by atoms with E-state index in [1.807, 2.05) is 43.9 Å². The fourth-order valence-corrected chi connectivity index (χ4v) is 7.59. The van der Waals surface area contributed by atoms with E-state index < -0.39 is 10.0 Å². The zero-order chi connectivity index (χ0) is 33.2. The number of carbonyl (C=O) groups excluding carboxylic acids is 2. The van der Waals surface area contributed by atoms with Gasteiger partial charge in [0.25, 0.3) is 15.9 Å². The molecule has 2 N–H and O–H groups in total. The third-order valence-electron chi connectivity index (χ3n) is 8.73. The highest BCUT2D eigenvalue weighted by Gasteiger charge is 2.37. The number of anilines is 1. The maximum atomic E-state index is 14.5. The Morgan fingerprint density at radius 1 is 1.02 bits per heavy atom. The number of aryl methyl sites for hydroxylation is 2. The molecule has 1 atom stereocenters. The van der Waals surface area contributed by atoms with Crippen LogP contribution in [0.15, 0.2) is 53.4 Å². The molecule has 2 aromatic carbocycles. The molecule has 0 saturated heterocycles. The van der Waals surface area contributed by atoms with E-state index in [1.165, 1.54) is 12.1 Å². The predicted molar refractivity (Wildman–Crippen MR) is 178 cm³/mol. The van der Waals surface area contributed by atoms with E-state index in [2.05, 4.69) is 40.8 Å². The average molecular weight is 648 g/mol. The molecule has 1 aliphatic heterocycles. The largest absolute Gasteiger partial charge is 0.475 e. The number of aromatic nitrogens is 2. The maximum absolute atomic E-state index is 14.5. The van der Waals surface area contributed by atoms with Gasteiger partial charge in [0.05, 0.1) is 16.6 Å². The molecule has 246 valence electrons. The zero-order valence-electron chi connectivity index (χ0n) is 27.6. The normalized spacial score (nSPS) is 21.6. The molecule has 2 amide bonds. The zero-order valence-corrected chi connectivity index (χ0v) is 28.4. The second kappa shape index (κ2) is 13.4. The molecule has 0 radical (unpaired) electrons. The fraction of sp³-hybridized carbons (Fsp3) is 0.486. The molecule has 0 unspecified atom stereocenters. The Morgan fingerprint density at radius 3 is 2.35 bits per heavy atom. The van der Waals surface area contributed by atoms with E-state index in [0.29, 0.717) is 31.4 Å². The number of rotatable bonds is 5. The molecule has 46 heavy (non-hydrogen) atoms. The maximum Gasteiger partial charge on any atom is 0.264 e. The molecule has 11 heteroatoms. The number of amides is 2. The Bertz CT molecular complexity index is 1690. The van der Waals surface area contributed by atoms with Crippen LogP contribution in [0.25, 0.3) is 11.3 Å². The van der Waals surface area contributed by atoms with E-state index in [9.17, 15) is 18.0 Å². The molecule has 2 aliphatic rings. The van der Waals surface area contributed by atoms with Crippen LogP contribution in [0.2, 0.25) is 0 Å². The summed E-state index contributed by atoms with van der Waals surface area (Å²) in [6.07, 6.45) is 3.97. The van der Waals surface area contributed by atoms with Crippen LogP contribution in [-0.2, 0) is 14.8 Å². The number of benzene rings is 2. The lowest BCUT2D eigenvalue weighted by atomic mass is 9.84. The van der Waals surface area contributed by atoms with Gasteiger partial charge in [-0.05, 0) is 80.7 Å². The standard InChI is InChI=1S/C35H45N5O5S/c1-7-30(41)36-25-14-16-26(17-15-25)40-27(20-35(4,5)6)21-45-31-19-29(32-22(2)10-8-11-23(32)3)37-34(38-31)39-46(43,44)28-13-9-12-24(18-28)33(40)42/h8-13,18-19,25-27H,7,14-17,20-21H2,1-6H3,(H,36,41)(H,37,38,39)/t25?,26?,27-/m1/s1. The van der Waals surface area contributed by atoms with E-state index in [4.69, 9.17) is 4.74 Å². The molecule has 0 spiro atoms. The predicted octanol–water partition coefficient (Wildman–Crippen LogP) is 6.04. The number of sulfonamides is 1. The molecule has 5 rings (SSSR count). The van der Waals surface area contributed by atoms with Gasteiger partial charge in [0.1, 0.15) is 6.61 Å². The molecule has 4 bridgehead atoms. The average Bonchev–Trinajstić information content (AvgIpc) is 2.99. The van der Waals surface area contributed by atoms with Crippen molar-refractivity contribution in [1.29, 1.82) is 0 Å². The van der Waals surface area contributed by atoms with Crippen LogP contribution in [0.4, 0.5) is 5.95 Å². The first-order valence-electron chi connectivity index (χ1n) is 16.1. The summed E-state index contributed by atoms with van der Waals surface area (Å²) in [5, 5.41) is 3.10. The lowest BCUT2D eigenvalue weighted by Crippen LogP contribution is -2.53. The second-order valence-corrected chi connectivity index (χ2v) is 15.4. The van der Waals surface area contributed by atoms with E-state index in [-0.39, 0.29) is 64.2 Å². The summed E-state index contributed by atoms with van der Waals surface area (Å²) in [6, 6.07) is 13.4. The second-order valence-electron chi connectivity index (χ2n) is 13.7. The first-order chi connectivity index (χ1) is 21.7. The topological polar surface area (TPSA) is 131 Å². The van der Waals surface area contributed by atoms with Gasteiger partial charge in [-0.2, -0.15) is 4.98 Å². The van der Waals surface area contributed by atoms with Crippen molar-refractivity contribution in [2.75, 3.05) is 11.3 Å². The highest BCUT2D eigenvalue weighted by molar-refractivity contribution is 7.92. The highest BCUT2D eigenvalue weighted by atomic mass is 32.2. The van der Waals surface area contributed by atoms with Crippen molar-refractivity contribution in [3.8, 4) is 17.1 Å². The van der Waals surface area contributed by atoms with Crippen molar-refractivity contribution in [3.63, 3.8) is 0 Å². The summed E-state index contributed by atoms with van der Waals surface area (Å²) in [5.74, 6) is -0.113. The van der Waals surface area contributed by atoms with Gasteiger partial charge >= 0.3 is 0 Å². The Balaban J connectivity index is 1.61. The fourth-order valence-electron chi connectivity index (χ4n) is 6.60. The number of fused-ring (bicyclic) bond motifs is 4. The van der Waals surface area contributed by atoms with Crippen molar-refractivity contribution < 1.29 is 22.7 Å². The SMILES string of the molecule is CCC(=O)NC1CCC(N2C(=O)c3cccc(c3)S(=O)(=O)Nc3nc(cc(-c4c(C)cccc4C)n3)OC[C@H]2CC(C)(C)C)CC1. The first-order valence-corrected chi connectivity index (χ1v) is 17.6. The number of hydrogen-bond donors (Lipinski definition) is 2. The molecule has 1 aliphatic carbocycles. The molecule has 3 aromatic rings. The summed E-state index contributed by atoms with van der Waals surface area (Å²) in [4.78, 5) is 37.5. The number of nitrogens with zero attached hydrogens (tertiary/aromatic N) is 3. The van der Waals surface area contributed by atoms with Crippen LogP contribution in [-0.4, -0.2) is 59.8 Å². The van der Waals surface area contributed by atoms with E-state index in [0.717, 1.165) is 29.5 Å². The van der Waals surface area contributed by atoms with E-state index in [1.54, 1.807) is 18.2 Å². The summed E-state index contributed by atoms with van der Waals surface area (Å²) < 4.78 is 36.2. The van der Waals surface area contributed by atoms with Crippen molar-refractivity contribution in [2.24, 2.45) is 5.41 Å². The van der Waals surface area contributed by atoms with Gasteiger partial charge in [-0.15, -0.1) is 0 Å². The summed E-state index contributed by atoms with van der Waals surface area (Å²) >= 11 is 0. The van der Waals surface area contributed by atoms with Gasteiger partial charge in [0.2, 0.25) is 17.7 Å². The minimum Gasteiger partial charge on any atom is -0.475 e. The minimum absolute atomic E-state index is 0.0250. The van der Waals surface area contributed by atoms with Crippen molar-refractivity contribution in [3.05, 3.63) is 65.2 Å². The smallest absolute Gasteiger partial charge is 0.264 e. The Kier molecular flexibility index (Phi) is 9.72. The Hall–Kier alpha value is -3.99. The molecule has 1 aromatic heterocycles. The quantitative estimate of drug-likeness (QED) is 0.345. The lowest BCUT2D eigenvalue weighted by molar-refractivity contribution is -0.121. The van der Waals surface area contributed by atoms with Crippen LogP contribution < -0.4 is 14.8 Å². The number of nitrogens with one attached hydrogen (secondary N) is 2. The third kappa shape index (κ3) is 7.68. The molecule has 2 heterocycles. The Labute approximate surface area is 272 Å². The molecule has 1 saturated carbocycles. The summed E-state index contributed by atoms with van der Waals surface area (Å²) in [6.45, 7) is 12.4. The molecule has 1 fully saturated rings. The first kappa shape index (κ1) is 33.4. The van der Waals surface area contributed by atoms with Crippen LogP contribution in [0, 0.1) is 19.3 Å². The van der Waals surface area contributed by atoms with Gasteiger partial charge in [-0.1, -0.05) is 52.0 Å². The summed E-state index contributed by atoms with van der Waals surface area (Å²) in [5.41, 5.74) is 3.51. The van der Waals surface area contributed by atoms with Crippen LogP contribution in [0.1, 0.15) is 87.7 Å². The van der Waals surface area contributed by atoms with Crippen molar-refractivity contribution in [2.45, 2.75) is 103 Å². The van der Waals surface area contributed by atoms with Gasteiger partial charge in [-0.25, -0.2) is 18.1 Å². The van der Waals surface area contributed by atoms with E-state index >= 15 is 0 Å². The van der Waals surface area contributed by atoms with Crippen molar-refractivity contribution >= 4 is 27.8 Å². The number of hydrogen-bond acceptors (Lipinski definition) is 7. The molecule has 10 nitrogen and oxygen atoms in total. The number of carbonyl (C=O) groups is 2. The van der Waals surface area contributed by atoms with Crippen LogP contribution in [0.3, 0.4) is 0 Å². The Morgan fingerprint density at radius 2 is 1.70 bits per heavy atom. The van der Waals surface area contributed by atoms with Crippen molar-refractivity contribution in [1.82, 2.24) is 20.2 Å². The molecular formula is C35H45N5O5S. The highest BCUT2D eigenvalue weighted by Crippen LogP contribution is 2.34. The van der Waals surface area contributed by atoms with Gasteiger partial charge in [0, 0.05) is 35.7 Å². The summed E-state index contributed by atoms with van der Waals surface area (Å²) in [7, 11) is -4.15. The third-order valence-corrected chi connectivity index (χ3v) is 10.1. The van der Waals surface area contributed by atoms with Gasteiger partial charge in [0.15, 0.2) is 0 Å².